The molecule has 0 aliphatic heterocycles. The Morgan fingerprint density at radius 2 is 1.83 bits per heavy atom. The molecule has 1 heterocycles. The summed E-state index contributed by atoms with van der Waals surface area (Å²) in [5, 5.41) is 2.16. The Bertz CT molecular complexity index is 746. The summed E-state index contributed by atoms with van der Waals surface area (Å²) in [7, 11) is 0. The van der Waals surface area contributed by atoms with Gasteiger partial charge >= 0.3 is 6.18 Å². The Morgan fingerprint density at radius 3 is 2.43 bits per heavy atom. The maximum absolute atomic E-state index is 13.2. The number of nitrogens with two attached hydrogens (primary N) is 1. The van der Waals surface area contributed by atoms with Gasteiger partial charge in [0.2, 0.25) is 0 Å². The fourth-order valence-electron chi connectivity index (χ4n) is 1.83. The summed E-state index contributed by atoms with van der Waals surface area (Å²) in [6.07, 6.45) is -5.00. The third-order valence-corrected chi connectivity index (χ3v) is 2.87. The third kappa shape index (κ3) is 3.93. The zero-order valence-corrected chi connectivity index (χ0v) is 11.4. The van der Waals surface area contributed by atoms with Crippen LogP contribution in [0.1, 0.15) is 21.6 Å². The van der Waals surface area contributed by atoms with Crippen LogP contribution in [0.4, 0.5) is 27.8 Å². The third-order valence-electron chi connectivity index (χ3n) is 2.87. The molecule has 0 unspecified atom stereocenters. The predicted octanol–water partition coefficient (Wildman–Crippen LogP) is 2.89. The second-order valence-electron chi connectivity index (χ2n) is 4.55. The van der Waals surface area contributed by atoms with E-state index in [2.05, 4.69) is 10.3 Å². The Kier molecular flexibility index (Phi) is 4.48. The molecule has 2 aromatic rings. The molecule has 9 heteroatoms. The van der Waals surface area contributed by atoms with Crippen molar-refractivity contribution in [3.8, 4) is 0 Å². The van der Waals surface area contributed by atoms with E-state index in [-0.39, 0.29) is 24.5 Å². The van der Waals surface area contributed by atoms with E-state index in [1.54, 1.807) is 6.07 Å². The van der Waals surface area contributed by atoms with Gasteiger partial charge in [0.25, 0.3) is 5.91 Å². The van der Waals surface area contributed by atoms with Crippen molar-refractivity contribution < 1.29 is 26.7 Å². The van der Waals surface area contributed by atoms with Crippen molar-refractivity contribution in [2.75, 3.05) is 5.73 Å². The van der Waals surface area contributed by atoms with Crippen LogP contribution in [0.15, 0.2) is 30.3 Å². The van der Waals surface area contributed by atoms with Crippen LogP contribution in [0.5, 0.6) is 0 Å². The van der Waals surface area contributed by atoms with Gasteiger partial charge in [-0.05, 0) is 24.3 Å². The number of rotatable bonds is 3. The molecular formula is C14H10F5N3O. The molecule has 0 radical (unpaired) electrons. The highest BCUT2D eigenvalue weighted by Gasteiger charge is 2.36. The standard InChI is InChI=1S/C14H10F5N3O/c15-10-4-8(9(5-11(10)16)14(17,18)19)13(23)21-6-7-2-1-3-12(20)22-7/h1-5H,6H2,(H2,20,22)(H,21,23). The normalized spacial score (nSPS) is 11.3. The molecule has 0 saturated carbocycles. The van der Waals surface area contributed by atoms with Crippen LogP contribution >= 0.6 is 0 Å². The minimum atomic E-state index is -5.00. The Morgan fingerprint density at radius 1 is 1.17 bits per heavy atom. The molecule has 23 heavy (non-hydrogen) atoms. The smallest absolute Gasteiger partial charge is 0.384 e. The summed E-state index contributed by atoms with van der Waals surface area (Å²) in [6.45, 7) is -0.222. The van der Waals surface area contributed by atoms with Crippen LogP contribution in [-0.4, -0.2) is 10.9 Å². The lowest BCUT2D eigenvalue weighted by Crippen LogP contribution is -2.27. The van der Waals surface area contributed by atoms with Crippen molar-refractivity contribution in [1.29, 1.82) is 0 Å². The molecule has 0 bridgehead atoms. The van der Waals surface area contributed by atoms with E-state index in [9.17, 15) is 26.7 Å². The number of alkyl halides is 3. The number of nitrogens with one attached hydrogen (secondary N) is 1. The van der Waals surface area contributed by atoms with Crippen molar-refractivity contribution in [3.05, 3.63) is 58.8 Å². The van der Waals surface area contributed by atoms with Gasteiger partial charge < -0.3 is 11.1 Å². The summed E-state index contributed by atoms with van der Waals surface area (Å²) in [4.78, 5) is 15.7. The summed E-state index contributed by atoms with van der Waals surface area (Å²) in [6, 6.07) is 4.68. The molecular weight excluding hydrogens is 321 g/mol. The number of anilines is 1. The van der Waals surface area contributed by atoms with E-state index >= 15 is 0 Å². The molecule has 0 saturated heterocycles. The van der Waals surface area contributed by atoms with Gasteiger partial charge in [-0.25, -0.2) is 13.8 Å². The highest BCUT2D eigenvalue weighted by atomic mass is 19.4. The van der Waals surface area contributed by atoms with E-state index in [0.717, 1.165) is 0 Å². The number of benzene rings is 1. The highest BCUT2D eigenvalue weighted by Crippen LogP contribution is 2.33. The molecule has 0 fully saturated rings. The number of halogens is 5. The highest BCUT2D eigenvalue weighted by molar-refractivity contribution is 5.95. The summed E-state index contributed by atoms with van der Waals surface area (Å²) in [5.74, 6) is -4.28. The molecule has 0 aliphatic carbocycles. The molecule has 3 N–H and O–H groups in total. The van der Waals surface area contributed by atoms with Gasteiger partial charge in [-0.1, -0.05) is 6.07 Å². The Hall–Kier alpha value is -2.71. The van der Waals surface area contributed by atoms with Crippen LogP contribution in [0.25, 0.3) is 0 Å². The number of nitrogen functional groups attached to an aromatic ring is 1. The molecule has 4 nitrogen and oxygen atoms in total. The van der Waals surface area contributed by atoms with Crippen LogP contribution in [0.2, 0.25) is 0 Å². The Balaban J connectivity index is 2.26. The number of aromatic nitrogens is 1. The van der Waals surface area contributed by atoms with Crippen molar-refractivity contribution in [3.63, 3.8) is 0 Å². The molecule has 122 valence electrons. The van der Waals surface area contributed by atoms with Crippen molar-refractivity contribution >= 4 is 11.7 Å². The topological polar surface area (TPSA) is 68.0 Å². The monoisotopic (exact) mass is 331 g/mol. The average Bonchev–Trinajstić information content (AvgIpc) is 2.46. The molecule has 2 rings (SSSR count). The van der Waals surface area contributed by atoms with Gasteiger partial charge in [0.05, 0.1) is 23.4 Å². The average molecular weight is 331 g/mol. The Labute approximate surface area is 127 Å². The summed E-state index contributed by atoms with van der Waals surface area (Å²) >= 11 is 0. The predicted molar refractivity (Wildman–Crippen MR) is 71.2 cm³/mol. The van der Waals surface area contributed by atoms with Gasteiger partial charge in [0.15, 0.2) is 11.6 Å². The fourth-order valence-corrected chi connectivity index (χ4v) is 1.83. The quantitative estimate of drug-likeness (QED) is 0.850. The number of pyridine rings is 1. The lowest BCUT2D eigenvalue weighted by Gasteiger charge is -2.13. The second-order valence-corrected chi connectivity index (χ2v) is 4.55. The zero-order valence-electron chi connectivity index (χ0n) is 11.4. The number of carbonyl (C=O) groups is 1. The van der Waals surface area contributed by atoms with Crippen molar-refractivity contribution in [2.45, 2.75) is 12.7 Å². The first-order chi connectivity index (χ1) is 10.7. The van der Waals surface area contributed by atoms with E-state index in [0.29, 0.717) is 5.69 Å². The largest absolute Gasteiger partial charge is 0.417 e. The van der Waals surface area contributed by atoms with E-state index < -0.39 is 34.8 Å². The number of hydrogen-bond donors (Lipinski definition) is 2. The lowest BCUT2D eigenvalue weighted by molar-refractivity contribution is -0.138. The molecule has 1 aromatic heterocycles. The number of carbonyl (C=O) groups excluding carboxylic acids is 1. The second kappa shape index (κ2) is 6.19. The first kappa shape index (κ1) is 16.7. The van der Waals surface area contributed by atoms with Gasteiger partial charge in [0.1, 0.15) is 5.82 Å². The fraction of sp³-hybridized carbons (Fsp3) is 0.143. The van der Waals surface area contributed by atoms with E-state index in [4.69, 9.17) is 5.73 Å². The first-order valence-corrected chi connectivity index (χ1v) is 6.24. The molecule has 0 spiro atoms. The SMILES string of the molecule is Nc1cccc(CNC(=O)c2cc(F)c(F)cc2C(F)(F)F)n1. The van der Waals surface area contributed by atoms with Gasteiger partial charge in [0, 0.05) is 0 Å². The minimum Gasteiger partial charge on any atom is -0.384 e. The van der Waals surface area contributed by atoms with E-state index in [1.165, 1.54) is 12.1 Å². The van der Waals surface area contributed by atoms with Gasteiger partial charge in [-0.15, -0.1) is 0 Å². The van der Waals surface area contributed by atoms with Crippen molar-refractivity contribution in [2.24, 2.45) is 0 Å². The number of hydrogen-bond acceptors (Lipinski definition) is 3. The number of nitrogens with zero attached hydrogens (tertiary/aromatic N) is 1. The molecule has 0 atom stereocenters. The molecule has 1 amide bonds. The van der Waals surface area contributed by atoms with Gasteiger partial charge in [-0.2, -0.15) is 13.2 Å². The first-order valence-electron chi connectivity index (χ1n) is 6.24. The van der Waals surface area contributed by atoms with Crippen LogP contribution < -0.4 is 11.1 Å². The lowest BCUT2D eigenvalue weighted by atomic mass is 10.1. The van der Waals surface area contributed by atoms with Gasteiger partial charge in [-0.3, -0.25) is 4.79 Å². The van der Waals surface area contributed by atoms with Crippen molar-refractivity contribution in [1.82, 2.24) is 10.3 Å². The summed E-state index contributed by atoms with van der Waals surface area (Å²) < 4.78 is 64.7. The van der Waals surface area contributed by atoms with E-state index in [1.807, 2.05) is 0 Å². The maximum Gasteiger partial charge on any atom is 0.417 e. The van der Waals surface area contributed by atoms with Crippen LogP contribution in [0.3, 0.4) is 0 Å². The molecule has 0 aliphatic rings. The maximum atomic E-state index is 13.2. The van der Waals surface area contributed by atoms with Crippen LogP contribution in [0, 0.1) is 11.6 Å². The zero-order chi connectivity index (χ0) is 17.2. The molecule has 1 aromatic carbocycles. The minimum absolute atomic E-state index is 0.0526. The summed E-state index contributed by atoms with van der Waals surface area (Å²) in [5.41, 5.74) is 3.16. The number of amides is 1. The van der Waals surface area contributed by atoms with Crippen LogP contribution in [-0.2, 0) is 12.7 Å².